The Kier molecular flexibility index (Phi) is 5.97. The molecule has 0 saturated heterocycles. The van der Waals surface area contributed by atoms with Crippen molar-refractivity contribution in [1.82, 2.24) is 10.3 Å². The van der Waals surface area contributed by atoms with Crippen molar-refractivity contribution < 1.29 is 9.53 Å². The first-order valence-electron chi connectivity index (χ1n) is 7.76. The zero-order chi connectivity index (χ0) is 16.7. The normalized spacial score (nSPS) is 11.6. The highest BCUT2D eigenvalue weighted by molar-refractivity contribution is 5.93. The van der Waals surface area contributed by atoms with Crippen molar-refractivity contribution >= 4 is 11.6 Å². The lowest BCUT2D eigenvalue weighted by Crippen LogP contribution is -2.24. The number of ether oxygens (including phenoxy) is 1. The molecule has 1 aromatic carbocycles. The summed E-state index contributed by atoms with van der Waals surface area (Å²) in [6.45, 7) is 4.61. The molecule has 5 heteroatoms. The lowest BCUT2D eigenvalue weighted by molar-refractivity contribution is 0.0945. The van der Waals surface area contributed by atoms with E-state index < -0.39 is 0 Å². The summed E-state index contributed by atoms with van der Waals surface area (Å²) < 4.78 is 5.28. The molecule has 1 unspecified atom stereocenters. The van der Waals surface area contributed by atoms with Gasteiger partial charge in [0.1, 0.15) is 11.4 Å². The number of aromatic nitrogens is 1. The Morgan fingerprint density at radius 1 is 1.30 bits per heavy atom. The Labute approximate surface area is 137 Å². The van der Waals surface area contributed by atoms with Crippen LogP contribution < -0.4 is 15.4 Å². The van der Waals surface area contributed by atoms with Gasteiger partial charge in [-0.1, -0.05) is 25.1 Å². The maximum absolute atomic E-state index is 12.3. The van der Waals surface area contributed by atoms with Gasteiger partial charge in [-0.15, -0.1) is 0 Å². The highest BCUT2D eigenvalue weighted by Crippen LogP contribution is 2.17. The van der Waals surface area contributed by atoms with E-state index in [-0.39, 0.29) is 5.91 Å². The molecule has 2 N–H and O–H groups in total. The number of pyridine rings is 1. The minimum atomic E-state index is -0.205. The molecule has 0 radical (unpaired) electrons. The number of rotatable bonds is 7. The van der Waals surface area contributed by atoms with Gasteiger partial charge in [-0.2, -0.15) is 0 Å². The van der Waals surface area contributed by atoms with Crippen LogP contribution in [0.2, 0.25) is 0 Å². The summed E-state index contributed by atoms with van der Waals surface area (Å²) in [5.74, 6) is 0.552. The molecule has 5 nitrogen and oxygen atoms in total. The van der Waals surface area contributed by atoms with Gasteiger partial charge < -0.3 is 15.4 Å². The van der Waals surface area contributed by atoms with Crippen LogP contribution in [0.25, 0.3) is 0 Å². The first kappa shape index (κ1) is 16.8. The summed E-state index contributed by atoms with van der Waals surface area (Å²) in [4.78, 5) is 16.4. The van der Waals surface area contributed by atoms with Crippen LogP contribution >= 0.6 is 0 Å². The molecule has 2 rings (SSSR count). The molecule has 1 atom stereocenters. The van der Waals surface area contributed by atoms with E-state index in [2.05, 4.69) is 29.5 Å². The molecule has 1 aromatic heterocycles. The molecule has 0 aliphatic rings. The van der Waals surface area contributed by atoms with Crippen LogP contribution in [0.15, 0.2) is 42.6 Å². The van der Waals surface area contributed by atoms with Gasteiger partial charge in [0.25, 0.3) is 5.91 Å². The second kappa shape index (κ2) is 8.17. The SMILES string of the molecule is CCC(C)Nc1ccnc(C(=O)NCc2ccccc2OC)c1. The minimum Gasteiger partial charge on any atom is -0.496 e. The van der Waals surface area contributed by atoms with Gasteiger partial charge in [-0.05, 0) is 31.5 Å². The predicted molar refractivity (Wildman–Crippen MR) is 91.8 cm³/mol. The fourth-order valence-electron chi connectivity index (χ4n) is 2.15. The number of carbonyl (C=O) groups excluding carboxylic acids is 1. The van der Waals surface area contributed by atoms with Gasteiger partial charge in [0.2, 0.25) is 0 Å². The third-order valence-corrected chi connectivity index (χ3v) is 3.65. The van der Waals surface area contributed by atoms with Gasteiger partial charge in [-0.3, -0.25) is 9.78 Å². The number of hydrogen-bond donors (Lipinski definition) is 2. The third kappa shape index (κ3) is 4.71. The van der Waals surface area contributed by atoms with Crippen LogP contribution in [-0.4, -0.2) is 24.0 Å². The number of methoxy groups -OCH3 is 1. The number of nitrogens with one attached hydrogen (secondary N) is 2. The van der Waals surface area contributed by atoms with Gasteiger partial charge in [0.15, 0.2) is 0 Å². The number of para-hydroxylation sites is 1. The van der Waals surface area contributed by atoms with Gasteiger partial charge in [0.05, 0.1) is 7.11 Å². The predicted octanol–water partition coefficient (Wildman–Crippen LogP) is 3.23. The molecule has 23 heavy (non-hydrogen) atoms. The highest BCUT2D eigenvalue weighted by atomic mass is 16.5. The molecule has 0 aliphatic heterocycles. The summed E-state index contributed by atoms with van der Waals surface area (Å²) in [5.41, 5.74) is 2.22. The monoisotopic (exact) mass is 313 g/mol. The molecule has 1 heterocycles. The molecule has 0 bridgehead atoms. The Morgan fingerprint density at radius 3 is 2.83 bits per heavy atom. The quantitative estimate of drug-likeness (QED) is 0.824. The molecular weight excluding hydrogens is 290 g/mol. The van der Waals surface area contributed by atoms with Crippen LogP contribution in [0.1, 0.15) is 36.3 Å². The number of carbonyl (C=O) groups is 1. The number of anilines is 1. The Morgan fingerprint density at radius 2 is 2.09 bits per heavy atom. The standard InChI is InChI=1S/C18H23N3O2/c1-4-13(2)21-15-9-10-19-16(11-15)18(22)20-12-14-7-5-6-8-17(14)23-3/h5-11,13H,4,12H2,1-3H3,(H,19,21)(H,20,22). The van der Waals surface area contributed by atoms with Gasteiger partial charge in [0, 0.05) is 30.0 Å². The topological polar surface area (TPSA) is 63.2 Å². The van der Waals surface area contributed by atoms with Crippen LogP contribution in [0.5, 0.6) is 5.75 Å². The number of hydrogen-bond acceptors (Lipinski definition) is 4. The molecule has 0 fully saturated rings. The molecule has 1 amide bonds. The van der Waals surface area contributed by atoms with Gasteiger partial charge >= 0.3 is 0 Å². The molecule has 122 valence electrons. The van der Waals surface area contributed by atoms with E-state index in [1.807, 2.05) is 30.3 Å². The average Bonchev–Trinajstić information content (AvgIpc) is 2.60. The van der Waals surface area contributed by atoms with Crippen molar-refractivity contribution in [3.8, 4) is 5.75 Å². The molecular formula is C18H23N3O2. The second-order valence-corrected chi connectivity index (χ2v) is 5.38. The van der Waals surface area contributed by atoms with Crippen molar-refractivity contribution in [1.29, 1.82) is 0 Å². The van der Waals surface area contributed by atoms with Crippen LogP contribution in [-0.2, 0) is 6.54 Å². The average molecular weight is 313 g/mol. The number of benzene rings is 1. The van der Waals surface area contributed by atoms with Crippen LogP contribution in [0, 0.1) is 0 Å². The smallest absolute Gasteiger partial charge is 0.270 e. The lowest BCUT2D eigenvalue weighted by atomic mass is 10.2. The van der Waals surface area contributed by atoms with Crippen molar-refractivity contribution in [2.24, 2.45) is 0 Å². The summed E-state index contributed by atoms with van der Waals surface area (Å²) in [7, 11) is 1.62. The first-order chi connectivity index (χ1) is 11.1. The number of amides is 1. The zero-order valence-corrected chi connectivity index (χ0v) is 13.8. The lowest BCUT2D eigenvalue weighted by Gasteiger charge is -2.13. The Bertz CT molecular complexity index is 658. The summed E-state index contributed by atoms with van der Waals surface area (Å²) in [5, 5.41) is 6.21. The van der Waals surface area contributed by atoms with Crippen LogP contribution in [0.3, 0.4) is 0 Å². The van der Waals surface area contributed by atoms with E-state index in [0.717, 1.165) is 23.4 Å². The van der Waals surface area contributed by atoms with E-state index in [1.54, 1.807) is 19.4 Å². The van der Waals surface area contributed by atoms with E-state index in [1.165, 1.54) is 0 Å². The molecule has 0 spiro atoms. The van der Waals surface area contributed by atoms with E-state index >= 15 is 0 Å². The molecule has 0 aliphatic carbocycles. The minimum absolute atomic E-state index is 0.205. The van der Waals surface area contributed by atoms with Crippen molar-refractivity contribution in [3.63, 3.8) is 0 Å². The summed E-state index contributed by atoms with van der Waals surface area (Å²) in [6.07, 6.45) is 2.65. The third-order valence-electron chi connectivity index (χ3n) is 3.65. The first-order valence-corrected chi connectivity index (χ1v) is 7.76. The maximum atomic E-state index is 12.3. The Balaban J connectivity index is 2.02. The maximum Gasteiger partial charge on any atom is 0.270 e. The fourth-order valence-corrected chi connectivity index (χ4v) is 2.15. The zero-order valence-electron chi connectivity index (χ0n) is 13.8. The van der Waals surface area contributed by atoms with Crippen molar-refractivity contribution in [3.05, 3.63) is 53.9 Å². The fraction of sp³-hybridized carbons (Fsp3) is 0.333. The largest absolute Gasteiger partial charge is 0.496 e. The highest BCUT2D eigenvalue weighted by Gasteiger charge is 2.10. The van der Waals surface area contributed by atoms with Crippen LogP contribution in [0.4, 0.5) is 5.69 Å². The molecule has 2 aromatic rings. The van der Waals surface area contributed by atoms with E-state index in [0.29, 0.717) is 18.3 Å². The van der Waals surface area contributed by atoms with E-state index in [4.69, 9.17) is 4.74 Å². The molecule has 0 saturated carbocycles. The number of nitrogens with zero attached hydrogens (tertiary/aromatic N) is 1. The van der Waals surface area contributed by atoms with Crippen molar-refractivity contribution in [2.45, 2.75) is 32.9 Å². The second-order valence-electron chi connectivity index (χ2n) is 5.38. The summed E-state index contributed by atoms with van der Waals surface area (Å²) >= 11 is 0. The van der Waals surface area contributed by atoms with E-state index in [9.17, 15) is 4.79 Å². The Hall–Kier alpha value is -2.56. The van der Waals surface area contributed by atoms with Gasteiger partial charge in [-0.25, -0.2) is 0 Å². The van der Waals surface area contributed by atoms with Crippen molar-refractivity contribution in [2.75, 3.05) is 12.4 Å². The summed E-state index contributed by atoms with van der Waals surface area (Å²) in [6, 6.07) is 11.6.